The van der Waals surface area contributed by atoms with E-state index in [2.05, 4.69) is 46.4 Å². The van der Waals surface area contributed by atoms with Crippen LogP contribution in [0, 0.1) is 13.8 Å². The Morgan fingerprint density at radius 2 is 2.05 bits per heavy atom. The van der Waals surface area contributed by atoms with Gasteiger partial charge in [-0.25, -0.2) is 0 Å². The van der Waals surface area contributed by atoms with Gasteiger partial charge in [0.25, 0.3) is 0 Å². The number of halogens is 1. The average molecular weight is 338 g/mol. The van der Waals surface area contributed by atoms with E-state index in [4.69, 9.17) is 9.15 Å². The van der Waals surface area contributed by atoms with Crippen molar-refractivity contribution in [3.05, 3.63) is 51.4 Å². The monoisotopic (exact) mass is 337 g/mol. The van der Waals surface area contributed by atoms with Crippen molar-refractivity contribution in [2.45, 2.75) is 33.4 Å². The highest BCUT2D eigenvalue weighted by atomic mass is 79.9. The van der Waals surface area contributed by atoms with Crippen molar-refractivity contribution in [2.24, 2.45) is 0 Å². The number of nitrogens with one attached hydrogen (secondary N) is 1. The summed E-state index contributed by atoms with van der Waals surface area (Å²) in [5, 5.41) is 3.51. The third-order valence-electron chi connectivity index (χ3n) is 3.37. The molecule has 1 aromatic carbocycles. The lowest BCUT2D eigenvalue weighted by atomic mass is 10.1. The summed E-state index contributed by atoms with van der Waals surface area (Å²) in [6.07, 6.45) is 0. The quantitative estimate of drug-likeness (QED) is 0.870. The third-order valence-corrected chi connectivity index (χ3v) is 3.99. The van der Waals surface area contributed by atoms with Gasteiger partial charge >= 0.3 is 0 Å². The Morgan fingerprint density at radius 3 is 2.60 bits per heavy atom. The Morgan fingerprint density at radius 1 is 1.30 bits per heavy atom. The Kier molecular flexibility index (Phi) is 4.89. The predicted molar refractivity (Wildman–Crippen MR) is 84.1 cm³/mol. The lowest BCUT2D eigenvalue weighted by Gasteiger charge is -2.14. The van der Waals surface area contributed by atoms with E-state index in [1.54, 1.807) is 7.11 Å². The zero-order valence-electron chi connectivity index (χ0n) is 12.3. The summed E-state index contributed by atoms with van der Waals surface area (Å²) in [6.45, 7) is 6.93. The summed E-state index contributed by atoms with van der Waals surface area (Å²) in [7, 11) is 1.67. The second kappa shape index (κ2) is 6.46. The van der Waals surface area contributed by atoms with Gasteiger partial charge in [0.1, 0.15) is 17.3 Å². The highest BCUT2D eigenvalue weighted by Gasteiger charge is 2.12. The summed E-state index contributed by atoms with van der Waals surface area (Å²) in [5.41, 5.74) is 2.43. The van der Waals surface area contributed by atoms with Gasteiger partial charge in [-0.3, -0.25) is 0 Å². The number of ether oxygens (including phenoxy) is 1. The number of methoxy groups -OCH3 is 1. The molecule has 0 saturated carbocycles. The fourth-order valence-corrected chi connectivity index (χ4v) is 2.87. The minimum atomic E-state index is 0.258. The van der Waals surface area contributed by atoms with Crippen LogP contribution in [0.4, 0.5) is 0 Å². The second-order valence-corrected chi connectivity index (χ2v) is 5.79. The summed E-state index contributed by atoms with van der Waals surface area (Å²) in [5.74, 6) is 2.79. The fourth-order valence-electron chi connectivity index (χ4n) is 2.28. The summed E-state index contributed by atoms with van der Waals surface area (Å²) >= 11 is 3.51. The van der Waals surface area contributed by atoms with Crippen molar-refractivity contribution in [1.29, 1.82) is 0 Å². The zero-order valence-corrected chi connectivity index (χ0v) is 13.9. The van der Waals surface area contributed by atoms with Crippen LogP contribution in [0.3, 0.4) is 0 Å². The van der Waals surface area contributed by atoms with Crippen LogP contribution >= 0.6 is 15.9 Å². The molecule has 0 saturated heterocycles. The SMILES string of the molecule is COc1ccc(CNC(C)c2cc(C)oc2C)cc1Br. The molecule has 0 aliphatic rings. The number of rotatable bonds is 5. The van der Waals surface area contributed by atoms with E-state index in [9.17, 15) is 0 Å². The van der Waals surface area contributed by atoms with Crippen molar-refractivity contribution >= 4 is 15.9 Å². The third kappa shape index (κ3) is 3.44. The van der Waals surface area contributed by atoms with Crippen LogP contribution in [0.15, 0.2) is 33.2 Å². The molecular formula is C16H20BrNO2. The largest absolute Gasteiger partial charge is 0.496 e. The van der Waals surface area contributed by atoms with Crippen molar-refractivity contribution in [1.82, 2.24) is 5.32 Å². The van der Waals surface area contributed by atoms with Crippen molar-refractivity contribution in [3.8, 4) is 5.75 Å². The molecule has 2 aromatic rings. The summed E-state index contributed by atoms with van der Waals surface area (Å²) < 4.78 is 11.8. The van der Waals surface area contributed by atoms with Gasteiger partial charge in [0.05, 0.1) is 11.6 Å². The van der Waals surface area contributed by atoms with Gasteiger partial charge in [-0.15, -0.1) is 0 Å². The van der Waals surface area contributed by atoms with Crippen LogP contribution in [0.2, 0.25) is 0 Å². The van der Waals surface area contributed by atoms with Gasteiger partial charge in [-0.2, -0.15) is 0 Å². The van der Waals surface area contributed by atoms with E-state index in [0.29, 0.717) is 0 Å². The first kappa shape index (κ1) is 15.1. The van der Waals surface area contributed by atoms with Gasteiger partial charge in [0.15, 0.2) is 0 Å². The van der Waals surface area contributed by atoms with Gasteiger partial charge < -0.3 is 14.5 Å². The van der Waals surface area contributed by atoms with E-state index in [-0.39, 0.29) is 6.04 Å². The molecule has 108 valence electrons. The maximum atomic E-state index is 5.57. The second-order valence-electron chi connectivity index (χ2n) is 4.94. The normalized spacial score (nSPS) is 12.4. The molecule has 0 aliphatic heterocycles. The number of hydrogen-bond donors (Lipinski definition) is 1. The molecule has 2 rings (SSSR count). The molecular weight excluding hydrogens is 318 g/mol. The molecule has 0 aliphatic carbocycles. The molecule has 0 fully saturated rings. The molecule has 1 atom stereocenters. The van der Waals surface area contributed by atoms with Gasteiger partial charge in [0, 0.05) is 18.2 Å². The van der Waals surface area contributed by atoms with Crippen LogP contribution in [-0.2, 0) is 6.54 Å². The van der Waals surface area contributed by atoms with E-state index < -0.39 is 0 Å². The minimum Gasteiger partial charge on any atom is -0.496 e. The standard InChI is InChI=1S/C16H20BrNO2/c1-10-7-14(12(3)20-10)11(2)18-9-13-5-6-16(19-4)15(17)8-13/h5-8,11,18H,9H2,1-4H3. The Bertz CT molecular complexity index is 592. The molecule has 0 bridgehead atoms. The van der Waals surface area contributed by atoms with Crippen molar-refractivity contribution in [3.63, 3.8) is 0 Å². The molecule has 0 spiro atoms. The molecule has 1 N–H and O–H groups in total. The van der Waals surface area contributed by atoms with Gasteiger partial charge in [-0.05, 0) is 60.5 Å². The number of furan rings is 1. The summed E-state index contributed by atoms with van der Waals surface area (Å²) in [4.78, 5) is 0. The first-order valence-corrected chi connectivity index (χ1v) is 7.43. The van der Waals surface area contributed by atoms with Crippen LogP contribution in [0.1, 0.15) is 35.6 Å². The van der Waals surface area contributed by atoms with Crippen molar-refractivity contribution in [2.75, 3.05) is 7.11 Å². The maximum absolute atomic E-state index is 5.57. The van der Waals surface area contributed by atoms with E-state index in [0.717, 1.165) is 28.3 Å². The topological polar surface area (TPSA) is 34.4 Å². The van der Waals surface area contributed by atoms with Crippen LogP contribution in [0.25, 0.3) is 0 Å². The van der Waals surface area contributed by atoms with Crippen LogP contribution in [-0.4, -0.2) is 7.11 Å². The minimum absolute atomic E-state index is 0.258. The maximum Gasteiger partial charge on any atom is 0.133 e. The lowest BCUT2D eigenvalue weighted by Crippen LogP contribution is -2.18. The molecule has 0 radical (unpaired) electrons. The first-order valence-electron chi connectivity index (χ1n) is 6.64. The number of aryl methyl sites for hydroxylation is 2. The molecule has 20 heavy (non-hydrogen) atoms. The fraction of sp³-hybridized carbons (Fsp3) is 0.375. The van der Waals surface area contributed by atoms with E-state index in [1.165, 1.54) is 11.1 Å². The molecule has 3 nitrogen and oxygen atoms in total. The van der Waals surface area contributed by atoms with E-state index in [1.807, 2.05) is 19.9 Å². The predicted octanol–water partition coefficient (Wildman–Crippen LogP) is 4.52. The number of benzene rings is 1. The number of hydrogen-bond acceptors (Lipinski definition) is 3. The van der Waals surface area contributed by atoms with E-state index >= 15 is 0 Å². The smallest absolute Gasteiger partial charge is 0.133 e. The van der Waals surface area contributed by atoms with Crippen molar-refractivity contribution < 1.29 is 9.15 Å². The molecule has 4 heteroatoms. The molecule has 1 aromatic heterocycles. The first-order chi connectivity index (χ1) is 9.51. The average Bonchev–Trinajstić information content (AvgIpc) is 2.75. The Balaban J connectivity index is 2.01. The highest BCUT2D eigenvalue weighted by molar-refractivity contribution is 9.10. The summed E-state index contributed by atoms with van der Waals surface area (Å²) in [6, 6.07) is 8.46. The highest BCUT2D eigenvalue weighted by Crippen LogP contribution is 2.26. The lowest BCUT2D eigenvalue weighted by molar-refractivity contribution is 0.412. The molecule has 1 heterocycles. The van der Waals surface area contributed by atoms with Gasteiger partial charge in [0.2, 0.25) is 0 Å². The van der Waals surface area contributed by atoms with Crippen LogP contribution in [0.5, 0.6) is 5.75 Å². The van der Waals surface area contributed by atoms with Gasteiger partial charge in [-0.1, -0.05) is 6.07 Å². The molecule has 1 unspecified atom stereocenters. The molecule has 0 amide bonds. The zero-order chi connectivity index (χ0) is 14.7. The van der Waals surface area contributed by atoms with Crippen LogP contribution < -0.4 is 10.1 Å². The Labute approximate surface area is 128 Å². The Hall–Kier alpha value is -1.26.